The average Bonchev–Trinajstić information content (AvgIpc) is 2.65. The van der Waals surface area contributed by atoms with Crippen LogP contribution >= 0.6 is 50.5 Å². The standard InChI is InChI=1S/C8H10BrCl2NO2S2/c9-7-1-2-8(15-7)16(13,14)12(5-3-10)6-4-11/h1-2H,3-6H2. The second kappa shape index (κ2) is 6.56. The van der Waals surface area contributed by atoms with Crippen LogP contribution < -0.4 is 0 Å². The smallest absolute Gasteiger partial charge is 0.206 e. The number of hydrogen-bond donors (Lipinski definition) is 0. The highest BCUT2D eigenvalue weighted by atomic mass is 79.9. The molecular formula is C8H10BrCl2NO2S2. The van der Waals surface area contributed by atoms with Gasteiger partial charge in [0.15, 0.2) is 0 Å². The maximum atomic E-state index is 12.1. The number of sulfonamides is 1. The Morgan fingerprint density at radius 3 is 2.19 bits per heavy atom. The van der Waals surface area contributed by atoms with Crippen LogP contribution in [0.15, 0.2) is 20.1 Å². The summed E-state index contributed by atoms with van der Waals surface area (Å²) in [6.07, 6.45) is 0. The zero-order valence-corrected chi connectivity index (χ0v) is 12.9. The molecule has 1 heterocycles. The van der Waals surface area contributed by atoms with Gasteiger partial charge in [0, 0.05) is 24.8 Å². The highest BCUT2D eigenvalue weighted by molar-refractivity contribution is 9.11. The average molecular weight is 367 g/mol. The number of rotatable bonds is 6. The summed E-state index contributed by atoms with van der Waals surface area (Å²) in [4.78, 5) is 0. The second-order valence-electron chi connectivity index (χ2n) is 2.84. The molecule has 0 radical (unpaired) electrons. The van der Waals surface area contributed by atoms with Crippen LogP contribution in [0.1, 0.15) is 0 Å². The van der Waals surface area contributed by atoms with Gasteiger partial charge in [-0.1, -0.05) is 0 Å². The van der Waals surface area contributed by atoms with Gasteiger partial charge >= 0.3 is 0 Å². The van der Waals surface area contributed by atoms with Crippen LogP contribution in [0.2, 0.25) is 0 Å². The lowest BCUT2D eigenvalue weighted by molar-refractivity contribution is 0.450. The Morgan fingerprint density at radius 1 is 1.25 bits per heavy atom. The summed E-state index contributed by atoms with van der Waals surface area (Å²) >= 11 is 15.6. The molecule has 0 bridgehead atoms. The van der Waals surface area contributed by atoms with Crippen molar-refractivity contribution in [3.8, 4) is 0 Å². The van der Waals surface area contributed by atoms with Gasteiger partial charge in [-0.15, -0.1) is 34.5 Å². The van der Waals surface area contributed by atoms with Crippen LogP contribution in [0.3, 0.4) is 0 Å². The topological polar surface area (TPSA) is 37.4 Å². The molecule has 0 aromatic carbocycles. The summed E-state index contributed by atoms with van der Waals surface area (Å²) in [6.45, 7) is 0.540. The number of nitrogens with zero attached hydrogens (tertiary/aromatic N) is 1. The third kappa shape index (κ3) is 3.58. The molecule has 16 heavy (non-hydrogen) atoms. The molecule has 0 saturated heterocycles. The highest BCUT2D eigenvalue weighted by Gasteiger charge is 2.24. The molecule has 0 aliphatic heterocycles. The maximum absolute atomic E-state index is 12.1. The van der Waals surface area contributed by atoms with Gasteiger partial charge < -0.3 is 0 Å². The van der Waals surface area contributed by atoms with Crippen molar-refractivity contribution in [2.75, 3.05) is 24.8 Å². The number of hydrogen-bond acceptors (Lipinski definition) is 3. The van der Waals surface area contributed by atoms with Gasteiger partial charge in [0.05, 0.1) is 3.79 Å². The van der Waals surface area contributed by atoms with Crippen molar-refractivity contribution in [1.29, 1.82) is 0 Å². The first-order valence-electron chi connectivity index (χ1n) is 4.39. The lowest BCUT2D eigenvalue weighted by Crippen LogP contribution is -2.34. The summed E-state index contributed by atoms with van der Waals surface area (Å²) < 4.78 is 26.6. The molecule has 92 valence electrons. The van der Waals surface area contributed by atoms with E-state index < -0.39 is 10.0 Å². The molecule has 0 saturated carbocycles. The second-order valence-corrected chi connectivity index (χ2v) is 8.22. The molecule has 1 aromatic heterocycles. The molecule has 0 aliphatic rings. The largest absolute Gasteiger partial charge is 0.252 e. The molecule has 1 rings (SSSR count). The summed E-state index contributed by atoms with van der Waals surface area (Å²) in [5.74, 6) is 0.505. The van der Waals surface area contributed by atoms with Crippen molar-refractivity contribution in [1.82, 2.24) is 4.31 Å². The molecule has 3 nitrogen and oxygen atoms in total. The third-order valence-corrected chi connectivity index (χ3v) is 6.14. The first-order chi connectivity index (χ1) is 7.52. The molecular weight excluding hydrogens is 357 g/mol. The van der Waals surface area contributed by atoms with Gasteiger partial charge in [-0.05, 0) is 28.1 Å². The van der Waals surface area contributed by atoms with Crippen molar-refractivity contribution < 1.29 is 8.42 Å². The fourth-order valence-corrected chi connectivity index (χ4v) is 5.32. The Labute approximate surface area is 118 Å². The van der Waals surface area contributed by atoms with E-state index in [2.05, 4.69) is 15.9 Å². The molecule has 0 amide bonds. The fraction of sp³-hybridized carbons (Fsp3) is 0.500. The van der Waals surface area contributed by atoms with Crippen LogP contribution in [0.4, 0.5) is 0 Å². The molecule has 0 unspecified atom stereocenters. The summed E-state index contributed by atoms with van der Waals surface area (Å²) in [5.41, 5.74) is 0. The fourth-order valence-electron chi connectivity index (χ4n) is 1.10. The lowest BCUT2D eigenvalue weighted by atomic mass is 10.6. The van der Waals surface area contributed by atoms with Crippen LogP contribution in [0.25, 0.3) is 0 Å². The van der Waals surface area contributed by atoms with Crippen molar-refractivity contribution >= 4 is 60.5 Å². The van der Waals surface area contributed by atoms with Gasteiger partial charge in [0.1, 0.15) is 4.21 Å². The molecule has 0 aliphatic carbocycles. The zero-order chi connectivity index (χ0) is 12.2. The quantitative estimate of drug-likeness (QED) is 0.725. The third-order valence-electron chi connectivity index (χ3n) is 1.81. The predicted molar refractivity (Wildman–Crippen MR) is 72.2 cm³/mol. The van der Waals surface area contributed by atoms with E-state index in [0.29, 0.717) is 4.21 Å². The van der Waals surface area contributed by atoms with Gasteiger partial charge in [-0.2, -0.15) is 4.31 Å². The Bertz CT molecular complexity index is 429. The SMILES string of the molecule is O=S(=O)(c1ccc(Br)s1)N(CCCl)CCCl. The van der Waals surface area contributed by atoms with Gasteiger partial charge in [-0.3, -0.25) is 0 Å². The molecule has 0 N–H and O–H groups in total. The van der Waals surface area contributed by atoms with E-state index in [1.807, 2.05) is 0 Å². The Morgan fingerprint density at radius 2 is 1.81 bits per heavy atom. The van der Waals surface area contributed by atoms with Crippen LogP contribution in [0.5, 0.6) is 0 Å². The van der Waals surface area contributed by atoms with E-state index in [0.717, 1.165) is 3.79 Å². The Balaban J connectivity index is 2.97. The normalized spacial score (nSPS) is 12.2. The molecule has 0 spiro atoms. The van der Waals surface area contributed by atoms with E-state index in [1.165, 1.54) is 15.6 Å². The molecule has 8 heteroatoms. The zero-order valence-electron chi connectivity index (χ0n) is 8.20. The van der Waals surface area contributed by atoms with E-state index in [1.54, 1.807) is 12.1 Å². The molecule has 0 fully saturated rings. The maximum Gasteiger partial charge on any atom is 0.252 e. The predicted octanol–water partition coefficient (Wildman–Crippen LogP) is 2.98. The van der Waals surface area contributed by atoms with Crippen LogP contribution in [-0.2, 0) is 10.0 Å². The minimum absolute atomic E-state index is 0.253. The van der Waals surface area contributed by atoms with Crippen molar-refractivity contribution in [2.45, 2.75) is 4.21 Å². The number of halogens is 3. The number of alkyl halides is 2. The van der Waals surface area contributed by atoms with Crippen molar-refractivity contribution in [3.05, 3.63) is 15.9 Å². The minimum atomic E-state index is -3.45. The van der Waals surface area contributed by atoms with Crippen molar-refractivity contribution in [3.63, 3.8) is 0 Å². The first-order valence-corrected chi connectivity index (χ1v) is 8.51. The number of thiophene rings is 1. The van der Waals surface area contributed by atoms with Crippen LogP contribution in [-0.4, -0.2) is 37.6 Å². The van der Waals surface area contributed by atoms with E-state index in [9.17, 15) is 8.42 Å². The molecule has 0 atom stereocenters. The lowest BCUT2D eigenvalue weighted by Gasteiger charge is -2.18. The van der Waals surface area contributed by atoms with E-state index in [4.69, 9.17) is 23.2 Å². The Hall–Kier alpha value is 0.670. The summed E-state index contributed by atoms with van der Waals surface area (Å²) in [7, 11) is -3.45. The van der Waals surface area contributed by atoms with Crippen molar-refractivity contribution in [2.24, 2.45) is 0 Å². The minimum Gasteiger partial charge on any atom is -0.206 e. The van der Waals surface area contributed by atoms with Gasteiger partial charge in [0.25, 0.3) is 10.0 Å². The summed E-state index contributed by atoms with van der Waals surface area (Å²) in [5, 5.41) is 0. The monoisotopic (exact) mass is 365 g/mol. The summed E-state index contributed by atoms with van der Waals surface area (Å²) in [6, 6.07) is 3.27. The van der Waals surface area contributed by atoms with Gasteiger partial charge in [-0.25, -0.2) is 8.42 Å². The Kier molecular flexibility index (Phi) is 6.04. The van der Waals surface area contributed by atoms with E-state index in [-0.39, 0.29) is 24.8 Å². The van der Waals surface area contributed by atoms with Gasteiger partial charge in [0.2, 0.25) is 0 Å². The first kappa shape index (κ1) is 14.7. The van der Waals surface area contributed by atoms with Crippen LogP contribution in [0, 0.1) is 0 Å². The molecule has 1 aromatic rings. The van der Waals surface area contributed by atoms with E-state index >= 15 is 0 Å². The highest BCUT2D eigenvalue weighted by Crippen LogP contribution is 2.28.